The number of alkyl halides is 6. The van der Waals surface area contributed by atoms with Gasteiger partial charge in [-0.3, -0.25) is 0 Å². The Hall–Kier alpha value is -3.59. The van der Waals surface area contributed by atoms with Crippen molar-refractivity contribution in [2.24, 2.45) is 5.10 Å². The topological polar surface area (TPSA) is 136 Å². The SMILES string of the molecule is CC(C)(C)c1cc(C=N[N+](=Cc2cc(C(C)(C)C)cc(C(C)(C)C)c2O)C2CCCCC2)c(O)c(C(C)(C)C)c1.O=C([O-])C(F)(F)F.O=C([O-])C(F)(F)F.[Co+2]. The number of nitrogens with zero attached hydrogens (tertiary/aromatic N) is 2. The second-order valence-corrected chi connectivity index (χ2v) is 17.5. The molecule has 1 saturated carbocycles. The van der Waals surface area contributed by atoms with Gasteiger partial charge in [0.15, 0.2) is 6.04 Å². The first-order valence-corrected chi connectivity index (χ1v) is 17.6. The molecule has 0 spiro atoms. The molecule has 3 rings (SSSR count). The van der Waals surface area contributed by atoms with Gasteiger partial charge < -0.3 is 30.0 Å². The van der Waals surface area contributed by atoms with E-state index in [0.29, 0.717) is 11.5 Å². The monoisotopic (exact) mass is 832 g/mol. The molecule has 1 fully saturated rings. The van der Waals surface area contributed by atoms with Gasteiger partial charge >= 0.3 is 29.1 Å². The third-order valence-electron chi connectivity index (χ3n) is 8.64. The Bertz CT molecular complexity index is 1660. The first kappa shape index (κ1) is 51.4. The molecule has 1 radical (unpaired) electrons. The van der Waals surface area contributed by atoms with Crippen LogP contribution in [0.2, 0.25) is 0 Å². The summed E-state index contributed by atoms with van der Waals surface area (Å²) in [6, 6.07) is 8.73. The van der Waals surface area contributed by atoms with Crippen LogP contribution in [-0.4, -0.2) is 57.7 Å². The molecular weight excluding hydrogens is 777 g/mol. The van der Waals surface area contributed by atoms with Gasteiger partial charge in [-0.05, 0) is 62.9 Å². The number of hydrogen-bond donors (Lipinski definition) is 2. The Balaban J connectivity index is 0.00000165. The van der Waals surface area contributed by atoms with Gasteiger partial charge in [-0.2, -0.15) is 26.3 Å². The zero-order valence-electron chi connectivity index (χ0n) is 33.6. The predicted molar refractivity (Wildman–Crippen MR) is 193 cm³/mol. The van der Waals surface area contributed by atoms with Gasteiger partial charge in [-0.15, -0.1) is 0 Å². The van der Waals surface area contributed by atoms with Gasteiger partial charge in [0.1, 0.15) is 29.7 Å². The molecule has 15 heteroatoms. The van der Waals surface area contributed by atoms with Crippen LogP contribution in [-0.2, 0) is 48.0 Å². The fraction of sp³-hybridized carbons (Fsp3) is 0.600. The Morgan fingerprint density at radius 2 is 0.964 bits per heavy atom. The molecule has 55 heavy (non-hydrogen) atoms. The van der Waals surface area contributed by atoms with Crippen LogP contribution in [0.15, 0.2) is 29.4 Å². The molecule has 0 aliphatic heterocycles. The summed E-state index contributed by atoms with van der Waals surface area (Å²) in [5.74, 6) is -5.40. The Morgan fingerprint density at radius 1 is 0.636 bits per heavy atom. The average molecular weight is 833 g/mol. The first-order chi connectivity index (χ1) is 24.1. The van der Waals surface area contributed by atoms with E-state index < -0.39 is 24.3 Å². The number of hydrazone groups is 1. The molecule has 2 aromatic rings. The summed E-state index contributed by atoms with van der Waals surface area (Å²) in [5, 5.41) is 45.5. The third-order valence-corrected chi connectivity index (χ3v) is 8.64. The van der Waals surface area contributed by atoms with Crippen LogP contribution in [0, 0.1) is 0 Å². The van der Waals surface area contributed by atoms with Gasteiger partial charge in [0, 0.05) is 29.5 Å². The molecule has 1 aliphatic carbocycles. The number of benzene rings is 2. The molecule has 311 valence electrons. The predicted octanol–water partition coefficient (Wildman–Crippen LogP) is 7.68. The number of halogens is 6. The van der Waals surface area contributed by atoms with E-state index in [0.717, 1.165) is 35.1 Å². The quantitative estimate of drug-likeness (QED) is 0.141. The van der Waals surface area contributed by atoms with Crippen LogP contribution < -0.4 is 10.2 Å². The maximum absolute atomic E-state index is 11.5. The summed E-state index contributed by atoms with van der Waals surface area (Å²) in [6.45, 7) is 26.1. The van der Waals surface area contributed by atoms with Crippen LogP contribution in [0.4, 0.5) is 26.3 Å². The molecule has 0 aromatic heterocycles. The van der Waals surface area contributed by atoms with Crippen molar-refractivity contribution < 1.29 is 77.8 Å². The standard InChI is InChI=1S/C36H54N2O2.2C2HF3O2.Co/c1-33(2,3)26-18-24(31(39)29(20-26)35(7,8)9)22-37-38(28-16-14-13-15-17-28)23-25-19-27(34(4,5)6)21-30(32(25)40)36(10,11)12;2*3-2(4,5)1(6)7;/h18-23,28H,13-17H2,1-12H3,(H,37,39);2*(H,6,7);/q;;;+2/p-1. The molecule has 2 N–H and O–H groups in total. The fourth-order valence-electron chi connectivity index (χ4n) is 5.37. The normalized spacial score (nSPS) is 15.0. The van der Waals surface area contributed by atoms with E-state index >= 15 is 0 Å². The zero-order valence-corrected chi connectivity index (χ0v) is 34.6. The van der Waals surface area contributed by atoms with Crippen molar-refractivity contribution in [2.75, 3.05) is 0 Å². The van der Waals surface area contributed by atoms with Crippen molar-refractivity contribution in [3.8, 4) is 11.5 Å². The molecule has 0 heterocycles. The van der Waals surface area contributed by atoms with Crippen LogP contribution in [0.3, 0.4) is 0 Å². The van der Waals surface area contributed by atoms with E-state index in [2.05, 4.69) is 107 Å². The minimum atomic E-state index is -5.19. The molecular formula is C40H55CoF6N2O6+. The van der Waals surface area contributed by atoms with Crippen molar-refractivity contribution in [1.29, 1.82) is 0 Å². The van der Waals surface area contributed by atoms with Gasteiger partial charge in [0.25, 0.3) is 0 Å². The number of carboxylic acid groups (broad SMARTS) is 2. The van der Waals surface area contributed by atoms with Gasteiger partial charge in [0.05, 0.1) is 5.56 Å². The van der Waals surface area contributed by atoms with Gasteiger partial charge in [-0.1, -0.05) is 106 Å². The van der Waals surface area contributed by atoms with E-state index in [-0.39, 0.29) is 44.5 Å². The van der Waals surface area contributed by atoms with Crippen molar-refractivity contribution in [3.05, 3.63) is 57.6 Å². The number of phenols is 2. The summed E-state index contributed by atoms with van der Waals surface area (Å²) in [4.78, 5) is 17.6. The number of aromatic hydroxyl groups is 2. The van der Waals surface area contributed by atoms with Crippen LogP contribution >= 0.6 is 0 Å². The van der Waals surface area contributed by atoms with E-state index in [9.17, 15) is 36.6 Å². The van der Waals surface area contributed by atoms with Crippen molar-refractivity contribution in [2.45, 2.75) is 155 Å². The number of carboxylic acids is 2. The van der Waals surface area contributed by atoms with E-state index in [1.807, 2.05) is 17.1 Å². The molecule has 0 amide bonds. The maximum Gasteiger partial charge on any atom is 2.00 e. The second-order valence-electron chi connectivity index (χ2n) is 17.5. The average Bonchev–Trinajstić information content (AvgIpc) is 2.98. The van der Waals surface area contributed by atoms with E-state index in [4.69, 9.17) is 24.9 Å². The number of hydrogen-bond acceptors (Lipinski definition) is 7. The number of phenolic OH excluding ortho intramolecular Hbond substituents is 2. The first-order valence-electron chi connectivity index (χ1n) is 17.6. The second kappa shape index (κ2) is 19.0. The molecule has 0 unspecified atom stereocenters. The molecule has 0 saturated heterocycles. The summed E-state index contributed by atoms with van der Waals surface area (Å²) >= 11 is 0. The van der Waals surface area contributed by atoms with Crippen molar-refractivity contribution in [1.82, 2.24) is 0 Å². The molecule has 2 aromatic carbocycles. The molecule has 0 bridgehead atoms. The Labute approximate surface area is 330 Å². The molecule has 8 nitrogen and oxygen atoms in total. The summed E-state index contributed by atoms with van der Waals surface area (Å²) in [6.07, 6.45) is -0.838. The third kappa shape index (κ3) is 16.2. The van der Waals surface area contributed by atoms with E-state index in [1.165, 1.54) is 30.4 Å². The molecule has 1 aliphatic rings. The molecule has 0 atom stereocenters. The van der Waals surface area contributed by atoms with Crippen molar-refractivity contribution >= 4 is 24.4 Å². The summed E-state index contributed by atoms with van der Waals surface area (Å²) in [5.41, 5.74) is 5.25. The number of aliphatic carboxylic acids is 2. The van der Waals surface area contributed by atoms with Crippen LogP contribution in [0.25, 0.3) is 0 Å². The van der Waals surface area contributed by atoms with E-state index in [1.54, 1.807) is 0 Å². The number of carbonyl (C=O) groups is 2. The summed E-state index contributed by atoms with van der Waals surface area (Å²) < 4.78 is 65.1. The van der Waals surface area contributed by atoms with Crippen LogP contribution in [0.1, 0.15) is 149 Å². The minimum Gasteiger partial charge on any atom is -0.542 e. The summed E-state index contributed by atoms with van der Waals surface area (Å²) in [7, 11) is 0. The maximum atomic E-state index is 11.5. The Morgan fingerprint density at radius 3 is 1.27 bits per heavy atom. The number of rotatable bonds is 4. The number of carbonyl (C=O) groups excluding carboxylic acids is 2. The fourth-order valence-corrected chi connectivity index (χ4v) is 5.37. The van der Waals surface area contributed by atoms with Crippen LogP contribution in [0.5, 0.6) is 11.5 Å². The van der Waals surface area contributed by atoms with Gasteiger partial charge in [-0.25, -0.2) is 0 Å². The smallest absolute Gasteiger partial charge is 0.542 e. The van der Waals surface area contributed by atoms with Gasteiger partial charge in [0.2, 0.25) is 6.21 Å². The zero-order chi connectivity index (χ0) is 42.4. The Kier molecular flexibility index (Phi) is 17.8. The minimum absolute atomic E-state index is 0. The largest absolute Gasteiger partial charge is 2.00 e. The van der Waals surface area contributed by atoms with Crippen molar-refractivity contribution in [3.63, 3.8) is 0 Å².